The predicted octanol–water partition coefficient (Wildman–Crippen LogP) is 3.07. The molecule has 0 radical (unpaired) electrons. The predicted molar refractivity (Wildman–Crippen MR) is 89.9 cm³/mol. The standard InChI is InChI=1S/C10H16N.C7H9O4P/c1-11(2,3)9-10-7-5-4-6-8-10;1-10-12(8,9)11-7-5-3-2-4-6-7/h4-8H,9H2,1-3H3;2-6H,1H3,(H,8,9)/q+1;/p-1. The SMILES string of the molecule is COP(=O)([O-])Oc1ccccc1.C[N+](C)(C)Cc1ccccc1. The molecule has 126 valence electrons. The van der Waals surface area contributed by atoms with Crippen LogP contribution in [0.4, 0.5) is 0 Å². The average molecular weight is 337 g/mol. The first kappa shape index (κ1) is 19.4. The lowest BCUT2D eigenvalue weighted by Gasteiger charge is -2.23. The van der Waals surface area contributed by atoms with Gasteiger partial charge in [0.15, 0.2) is 0 Å². The van der Waals surface area contributed by atoms with Gasteiger partial charge in [0.2, 0.25) is 0 Å². The lowest BCUT2D eigenvalue weighted by Crippen LogP contribution is -2.33. The van der Waals surface area contributed by atoms with Gasteiger partial charge < -0.3 is 18.4 Å². The average Bonchev–Trinajstić information content (AvgIpc) is 2.48. The highest BCUT2D eigenvalue weighted by atomic mass is 31.2. The molecule has 23 heavy (non-hydrogen) atoms. The number of nitrogens with zero attached hydrogens (tertiary/aromatic N) is 1. The van der Waals surface area contributed by atoms with Crippen LogP contribution >= 0.6 is 7.82 Å². The van der Waals surface area contributed by atoms with E-state index in [2.05, 4.69) is 60.5 Å². The molecule has 0 bridgehead atoms. The van der Waals surface area contributed by atoms with E-state index in [9.17, 15) is 9.46 Å². The van der Waals surface area contributed by atoms with Gasteiger partial charge in [-0.25, -0.2) is 0 Å². The molecule has 2 aromatic rings. The van der Waals surface area contributed by atoms with Gasteiger partial charge in [-0.15, -0.1) is 0 Å². The van der Waals surface area contributed by atoms with Gasteiger partial charge in [-0.2, -0.15) is 0 Å². The monoisotopic (exact) mass is 337 g/mol. The molecule has 2 rings (SSSR count). The van der Waals surface area contributed by atoms with Gasteiger partial charge in [0.25, 0.3) is 0 Å². The Morgan fingerprint density at radius 2 is 1.43 bits per heavy atom. The van der Waals surface area contributed by atoms with E-state index >= 15 is 0 Å². The lowest BCUT2D eigenvalue weighted by molar-refractivity contribution is -0.884. The molecule has 6 heteroatoms. The fourth-order valence-corrected chi connectivity index (χ4v) is 2.23. The van der Waals surface area contributed by atoms with Crippen molar-refractivity contribution >= 4 is 7.82 Å². The molecular weight excluding hydrogens is 313 g/mol. The van der Waals surface area contributed by atoms with Crippen LogP contribution in [0.25, 0.3) is 0 Å². The van der Waals surface area contributed by atoms with Crippen LogP contribution in [0.1, 0.15) is 5.56 Å². The molecule has 5 nitrogen and oxygen atoms in total. The Morgan fingerprint density at radius 3 is 1.87 bits per heavy atom. The smallest absolute Gasteiger partial charge is 0.319 e. The number of phosphoric acid groups is 1. The second kappa shape index (κ2) is 8.85. The van der Waals surface area contributed by atoms with Gasteiger partial charge in [-0.1, -0.05) is 48.5 Å². The van der Waals surface area contributed by atoms with Gasteiger partial charge >= 0.3 is 7.82 Å². The topological polar surface area (TPSA) is 58.6 Å². The number of hydrogen-bond acceptors (Lipinski definition) is 4. The molecule has 0 aliphatic carbocycles. The summed E-state index contributed by atoms with van der Waals surface area (Å²) in [4.78, 5) is 10.8. The van der Waals surface area contributed by atoms with Crippen molar-refractivity contribution in [2.75, 3.05) is 28.3 Å². The third-order valence-corrected chi connectivity index (χ3v) is 3.57. The van der Waals surface area contributed by atoms with Crippen molar-refractivity contribution in [1.29, 1.82) is 0 Å². The van der Waals surface area contributed by atoms with Crippen LogP contribution in [-0.2, 0) is 15.6 Å². The summed E-state index contributed by atoms with van der Waals surface area (Å²) in [7, 11) is 3.51. The van der Waals surface area contributed by atoms with Crippen molar-refractivity contribution in [1.82, 2.24) is 0 Å². The number of para-hydroxylation sites is 1. The number of phosphoric ester groups is 1. The normalized spacial score (nSPS) is 13.4. The fourth-order valence-electron chi connectivity index (χ4n) is 1.78. The van der Waals surface area contributed by atoms with Gasteiger partial charge in [0.1, 0.15) is 12.3 Å². The number of hydrogen-bond donors (Lipinski definition) is 0. The van der Waals surface area contributed by atoms with Gasteiger partial charge in [0.05, 0.1) is 21.1 Å². The van der Waals surface area contributed by atoms with Crippen LogP contribution in [0.3, 0.4) is 0 Å². The zero-order valence-electron chi connectivity index (χ0n) is 14.0. The molecule has 0 saturated carbocycles. The van der Waals surface area contributed by atoms with E-state index in [4.69, 9.17) is 0 Å². The van der Waals surface area contributed by atoms with Gasteiger partial charge in [0, 0.05) is 12.7 Å². The third-order valence-electron chi connectivity index (χ3n) is 2.68. The van der Waals surface area contributed by atoms with E-state index in [0.717, 1.165) is 18.1 Å². The van der Waals surface area contributed by atoms with Crippen LogP contribution in [0.5, 0.6) is 5.75 Å². The van der Waals surface area contributed by atoms with Gasteiger partial charge in [-0.05, 0) is 12.1 Å². The first-order chi connectivity index (χ1) is 10.7. The quantitative estimate of drug-likeness (QED) is 0.621. The molecule has 1 unspecified atom stereocenters. The molecule has 0 aliphatic heterocycles. The van der Waals surface area contributed by atoms with Crippen LogP contribution in [-0.4, -0.2) is 32.7 Å². The van der Waals surface area contributed by atoms with E-state index in [0.29, 0.717) is 0 Å². The molecule has 0 saturated heterocycles. The summed E-state index contributed by atoms with van der Waals surface area (Å²) < 4.78 is 20.4. The lowest BCUT2D eigenvalue weighted by atomic mass is 10.2. The molecule has 0 aliphatic rings. The van der Waals surface area contributed by atoms with Crippen LogP contribution in [0.15, 0.2) is 60.7 Å². The Kier molecular flexibility index (Phi) is 7.46. The summed E-state index contributed by atoms with van der Waals surface area (Å²) in [5.41, 5.74) is 1.40. The van der Waals surface area contributed by atoms with E-state index in [1.54, 1.807) is 18.2 Å². The number of rotatable bonds is 5. The largest absolute Gasteiger partial charge is 0.746 e. The van der Waals surface area contributed by atoms with Crippen molar-refractivity contribution in [3.8, 4) is 5.75 Å². The molecule has 2 aromatic carbocycles. The molecule has 0 fully saturated rings. The second-order valence-electron chi connectivity index (χ2n) is 5.97. The third kappa shape index (κ3) is 9.16. The number of quaternary nitrogens is 1. The van der Waals surface area contributed by atoms with Crippen LogP contribution < -0.4 is 9.42 Å². The fraction of sp³-hybridized carbons (Fsp3) is 0.294. The van der Waals surface area contributed by atoms with E-state index in [1.165, 1.54) is 17.7 Å². The minimum absolute atomic E-state index is 0.248. The maximum atomic E-state index is 10.8. The first-order valence-corrected chi connectivity index (χ1v) is 8.64. The minimum atomic E-state index is -4.15. The molecule has 0 spiro atoms. The summed E-state index contributed by atoms with van der Waals surface area (Å²) in [6, 6.07) is 18.7. The van der Waals surface area contributed by atoms with Crippen molar-refractivity contribution < 1.29 is 23.0 Å². The summed E-state index contributed by atoms with van der Waals surface area (Å²) >= 11 is 0. The Morgan fingerprint density at radius 1 is 0.957 bits per heavy atom. The van der Waals surface area contributed by atoms with Crippen molar-refractivity contribution in [3.63, 3.8) is 0 Å². The maximum absolute atomic E-state index is 10.8. The Hall–Kier alpha value is -1.65. The highest BCUT2D eigenvalue weighted by Gasteiger charge is 2.07. The number of benzene rings is 2. The summed E-state index contributed by atoms with van der Waals surface area (Å²) in [5, 5.41) is 0. The van der Waals surface area contributed by atoms with Crippen LogP contribution in [0, 0.1) is 0 Å². The molecule has 0 N–H and O–H groups in total. The minimum Gasteiger partial charge on any atom is -0.746 e. The zero-order chi connectivity index (χ0) is 17.3. The maximum Gasteiger partial charge on any atom is 0.319 e. The Balaban J connectivity index is 0.000000231. The highest BCUT2D eigenvalue weighted by molar-refractivity contribution is 7.46. The molecular formula is C17H24NO4P. The summed E-state index contributed by atoms with van der Waals surface area (Å²) in [6.45, 7) is 1.10. The Bertz CT molecular complexity index is 611. The van der Waals surface area contributed by atoms with E-state index in [1.807, 2.05) is 0 Å². The summed E-state index contributed by atoms with van der Waals surface area (Å²) in [6.07, 6.45) is 0. The molecule has 0 aromatic heterocycles. The van der Waals surface area contributed by atoms with E-state index in [-0.39, 0.29) is 5.75 Å². The second-order valence-corrected chi connectivity index (χ2v) is 7.41. The van der Waals surface area contributed by atoms with Crippen molar-refractivity contribution in [3.05, 3.63) is 66.2 Å². The molecule has 1 atom stereocenters. The van der Waals surface area contributed by atoms with Crippen molar-refractivity contribution in [2.24, 2.45) is 0 Å². The summed E-state index contributed by atoms with van der Waals surface area (Å²) in [5.74, 6) is 0.248. The van der Waals surface area contributed by atoms with Crippen molar-refractivity contribution in [2.45, 2.75) is 6.54 Å². The molecule has 0 amide bonds. The van der Waals surface area contributed by atoms with E-state index < -0.39 is 7.82 Å². The van der Waals surface area contributed by atoms with Crippen LogP contribution in [0.2, 0.25) is 0 Å². The van der Waals surface area contributed by atoms with Gasteiger partial charge in [-0.3, -0.25) is 4.57 Å². The first-order valence-electron chi connectivity index (χ1n) is 7.18. The zero-order valence-corrected chi connectivity index (χ0v) is 14.9. The molecule has 0 heterocycles. The Labute approximate surface area is 138 Å². The highest BCUT2D eigenvalue weighted by Crippen LogP contribution is 2.37.